The maximum absolute atomic E-state index is 10.9. The van der Waals surface area contributed by atoms with Gasteiger partial charge in [-0.05, 0) is 17.8 Å². The molecule has 2 rings (SSSR count). The Morgan fingerprint density at radius 1 is 1.15 bits per heavy atom. The highest BCUT2D eigenvalue weighted by molar-refractivity contribution is 7.81. The second-order valence-electron chi connectivity index (χ2n) is 2.63. The van der Waals surface area contributed by atoms with Crippen molar-refractivity contribution in [1.82, 2.24) is 0 Å². The zero-order valence-electron chi connectivity index (χ0n) is 6.69. The summed E-state index contributed by atoms with van der Waals surface area (Å²) in [7, 11) is 0. The molecule has 0 spiro atoms. The van der Waals surface area contributed by atoms with E-state index in [9.17, 15) is 4.79 Å². The van der Waals surface area contributed by atoms with Crippen molar-refractivity contribution >= 4 is 28.8 Å². The number of hydrogen-bond donors (Lipinski definition) is 0. The molecule has 0 saturated heterocycles. The predicted molar refractivity (Wildman–Crippen MR) is 53.1 cm³/mol. The standard InChI is InChI=1S/C10H6O2S/c11-9-6-8(10(13)12-9)7-4-2-1-3-5-7/h1-6H. The highest BCUT2D eigenvalue weighted by Gasteiger charge is 2.20. The van der Waals surface area contributed by atoms with Gasteiger partial charge in [0.05, 0.1) is 0 Å². The summed E-state index contributed by atoms with van der Waals surface area (Å²) in [6, 6.07) is 9.47. The van der Waals surface area contributed by atoms with Gasteiger partial charge >= 0.3 is 5.97 Å². The van der Waals surface area contributed by atoms with Crippen molar-refractivity contribution in [3.8, 4) is 0 Å². The van der Waals surface area contributed by atoms with E-state index in [1.807, 2.05) is 30.3 Å². The largest absolute Gasteiger partial charge is 0.411 e. The molecular weight excluding hydrogens is 184 g/mol. The zero-order valence-corrected chi connectivity index (χ0v) is 7.51. The van der Waals surface area contributed by atoms with Crippen LogP contribution in [0.25, 0.3) is 5.57 Å². The fourth-order valence-electron chi connectivity index (χ4n) is 1.17. The third kappa shape index (κ3) is 1.51. The molecule has 0 radical (unpaired) electrons. The van der Waals surface area contributed by atoms with E-state index in [1.165, 1.54) is 6.08 Å². The maximum Gasteiger partial charge on any atom is 0.337 e. The second kappa shape index (κ2) is 3.11. The van der Waals surface area contributed by atoms with Gasteiger partial charge in [-0.25, -0.2) is 4.79 Å². The molecule has 0 N–H and O–H groups in total. The average Bonchev–Trinajstić information content (AvgIpc) is 2.47. The van der Waals surface area contributed by atoms with Gasteiger partial charge in [-0.1, -0.05) is 30.3 Å². The molecular formula is C10H6O2S. The Bertz CT molecular complexity index is 393. The minimum absolute atomic E-state index is 0.260. The number of ether oxygens (including phenoxy) is 1. The normalized spacial score (nSPS) is 15.5. The molecule has 3 heteroatoms. The number of cyclic esters (lactones) is 1. The van der Waals surface area contributed by atoms with E-state index < -0.39 is 0 Å². The Morgan fingerprint density at radius 3 is 2.38 bits per heavy atom. The molecule has 0 unspecified atom stereocenters. The van der Waals surface area contributed by atoms with Crippen molar-refractivity contribution in [2.24, 2.45) is 0 Å². The lowest BCUT2D eigenvalue weighted by atomic mass is 10.1. The number of carbonyl (C=O) groups is 1. The van der Waals surface area contributed by atoms with Crippen LogP contribution in [0.3, 0.4) is 0 Å². The summed E-state index contributed by atoms with van der Waals surface area (Å²) in [5.41, 5.74) is 1.61. The quantitative estimate of drug-likeness (QED) is 0.500. The number of rotatable bonds is 1. The molecule has 0 amide bonds. The minimum atomic E-state index is -0.385. The van der Waals surface area contributed by atoms with Gasteiger partial charge in [0, 0.05) is 11.6 Å². The van der Waals surface area contributed by atoms with Crippen molar-refractivity contribution in [3.63, 3.8) is 0 Å². The minimum Gasteiger partial charge on any atom is -0.411 e. The average molecular weight is 190 g/mol. The van der Waals surface area contributed by atoms with E-state index in [1.54, 1.807) is 0 Å². The molecule has 1 heterocycles. The highest BCUT2D eigenvalue weighted by atomic mass is 32.1. The van der Waals surface area contributed by atoms with Crippen LogP contribution < -0.4 is 0 Å². The lowest BCUT2D eigenvalue weighted by Crippen LogP contribution is -1.98. The molecule has 0 saturated carbocycles. The highest BCUT2D eigenvalue weighted by Crippen LogP contribution is 2.21. The van der Waals surface area contributed by atoms with E-state index >= 15 is 0 Å². The summed E-state index contributed by atoms with van der Waals surface area (Å²) in [5.74, 6) is -0.385. The van der Waals surface area contributed by atoms with E-state index in [0.717, 1.165) is 5.56 Å². The van der Waals surface area contributed by atoms with Crippen LogP contribution in [0.4, 0.5) is 0 Å². The van der Waals surface area contributed by atoms with Gasteiger partial charge in [-0.2, -0.15) is 0 Å². The van der Waals surface area contributed by atoms with Crippen LogP contribution in [-0.4, -0.2) is 11.0 Å². The monoisotopic (exact) mass is 190 g/mol. The molecule has 0 aromatic heterocycles. The third-order valence-corrected chi connectivity index (χ3v) is 2.06. The van der Waals surface area contributed by atoms with Gasteiger partial charge in [0.2, 0.25) is 5.05 Å². The van der Waals surface area contributed by atoms with Crippen molar-refractivity contribution in [3.05, 3.63) is 42.0 Å². The van der Waals surface area contributed by atoms with Crippen LogP contribution in [0.15, 0.2) is 36.4 Å². The Hall–Kier alpha value is -1.48. The predicted octanol–water partition coefficient (Wildman–Crippen LogP) is 1.95. The molecule has 0 aliphatic carbocycles. The molecule has 0 bridgehead atoms. The van der Waals surface area contributed by atoms with E-state index in [-0.39, 0.29) is 11.0 Å². The van der Waals surface area contributed by atoms with Crippen LogP contribution >= 0.6 is 12.2 Å². The van der Waals surface area contributed by atoms with Crippen molar-refractivity contribution in [2.75, 3.05) is 0 Å². The molecule has 2 nitrogen and oxygen atoms in total. The molecule has 1 aromatic carbocycles. The Kier molecular flexibility index (Phi) is 1.94. The first-order valence-electron chi connectivity index (χ1n) is 3.80. The van der Waals surface area contributed by atoms with Gasteiger partial charge in [0.1, 0.15) is 0 Å². The van der Waals surface area contributed by atoms with Crippen LogP contribution in [0.5, 0.6) is 0 Å². The first-order valence-corrected chi connectivity index (χ1v) is 4.21. The van der Waals surface area contributed by atoms with Gasteiger partial charge in [0.25, 0.3) is 0 Å². The van der Waals surface area contributed by atoms with Crippen LogP contribution in [0, 0.1) is 0 Å². The summed E-state index contributed by atoms with van der Waals surface area (Å²) < 4.78 is 4.73. The summed E-state index contributed by atoms with van der Waals surface area (Å²) in [4.78, 5) is 10.9. The Labute approximate surface area is 80.8 Å². The Balaban J connectivity index is 2.43. The van der Waals surface area contributed by atoms with Crippen molar-refractivity contribution in [1.29, 1.82) is 0 Å². The molecule has 1 aliphatic rings. The smallest absolute Gasteiger partial charge is 0.337 e. The molecule has 1 aromatic rings. The van der Waals surface area contributed by atoms with E-state index in [0.29, 0.717) is 5.57 Å². The number of esters is 1. The van der Waals surface area contributed by atoms with E-state index in [4.69, 9.17) is 17.0 Å². The van der Waals surface area contributed by atoms with Crippen LogP contribution in [0.1, 0.15) is 5.56 Å². The first kappa shape index (κ1) is 8.13. The number of benzene rings is 1. The van der Waals surface area contributed by atoms with Gasteiger partial charge < -0.3 is 4.74 Å². The van der Waals surface area contributed by atoms with E-state index in [2.05, 4.69) is 0 Å². The fourth-order valence-corrected chi connectivity index (χ4v) is 1.43. The second-order valence-corrected chi connectivity index (χ2v) is 3.00. The fraction of sp³-hybridized carbons (Fsp3) is 0. The van der Waals surface area contributed by atoms with Gasteiger partial charge in [0.15, 0.2) is 0 Å². The molecule has 0 atom stereocenters. The lowest BCUT2D eigenvalue weighted by molar-refractivity contribution is -0.129. The molecule has 13 heavy (non-hydrogen) atoms. The molecule has 1 aliphatic heterocycles. The summed E-state index contributed by atoms with van der Waals surface area (Å²) >= 11 is 4.89. The van der Waals surface area contributed by atoms with Gasteiger partial charge in [-0.3, -0.25) is 0 Å². The maximum atomic E-state index is 10.9. The number of carbonyl (C=O) groups excluding carboxylic acids is 1. The lowest BCUT2D eigenvalue weighted by Gasteiger charge is -1.99. The molecule has 64 valence electrons. The number of thiocarbonyl (C=S) groups is 1. The summed E-state index contributed by atoms with van der Waals surface area (Å²) in [6.07, 6.45) is 1.41. The zero-order chi connectivity index (χ0) is 9.26. The van der Waals surface area contributed by atoms with Crippen molar-refractivity contribution in [2.45, 2.75) is 0 Å². The topological polar surface area (TPSA) is 26.3 Å². The summed E-state index contributed by atoms with van der Waals surface area (Å²) in [5, 5.41) is 0.260. The van der Waals surface area contributed by atoms with Crippen LogP contribution in [-0.2, 0) is 9.53 Å². The summed E-state index contributed by atoms with van der Waals surface area (Å²) in [6.45, 7) is 0. The SMILES string of the molecule is O=C1C=C(c2ccccc2)C(=S)O1. The first-order chi connectivity index (χ1) is 6.27. The third-order valence-electron chi connectivity index (χ3n) is 1.76. The van der Waals surface area contributed by atoms with Gasteiger partial charge in [-0.15, -0.1) is 0 Å². The Morgan fingerprint density at radius 2 is 1.85 bits per heavy atom. The number of hydrogen-bond acceptors (Lipinski definition) is 3. The van der Waals surface area contributed by atoms with Crippen LogP contribution in [0.2, 0.25) is 0 Å². The van der Waals surface area contributed by atoms with Crippen molar-refractivity contribution < 1.29 is 9.53 Å². The molecule has 0 fully saturated rings.